The van der Waals surface area contributed by atoms with Gasteiger partial charge in [-0.15, -0.1) is 0 Å². The van der Waals surface area contributed by atoms with E-state index < -0.39 is 6.43 Å². The summed E-state index contributed by atoms with van der Waals surface area (Å²) in [6, 6.07) is 0. The fourth-order valence-electron chi connectivity index (χ4n) is 0.872. The van der Waals surface area contributed by atoms with Gasteiger partial charge in [0.05, 0.1) is 5.56 Å². The van der Waals surface area contributed by atoms with Crippen LogP contribution in [0.3, 0.4) is 0 Å². The number of alkyl halides is 3. The molecule has 0 radical (unpaired) electrons. The summed E-state index contributed by atoms with van der Waals surface area (Å²) in [6.07, 6.45) is -0.934. The number of rotatable bonds is 2. The smallest absolute Gasteiger partial charge is 0.248 e. The van der Waals surface area contributed by atoms with Gasteiger partial charge in [0.25, 0.3) is 6.43 Å². The monoisotopic (exact) mass is 425 g/mol. The van der Waals surface area contributed by atoms with Gasteiger partial charge in [-0.25, -0.2) is 13.8 Å². The van der Waals surface area contributed by atoms with Crippen molar-refractivity contribution in [1.29, 1.82) is 0 Å². The van der Waals surface area contributed by atoms with E-state index in [1.54, 1.807) is 6.20 Å². The zero-order chi connectivity index (χ0) is 10.0. The molecule has 0 unspecified atom stereocenters. The zero-order valence-corrected chi connectivity index (χ0v) is 11.5. The number of aromatic nitrogens is 1. The average molecular weight is 427 g/mol. The van der Waals surface area contributed by atoms with E-state index in [4.69, 9.17) is 0 Å². The molecular formula is C7H4Br2F2IN. The Balaban J connectivity index is 3.35. The van der Waals surface area contributed by atoms with Gasteiger partial charge in [0.2, 0.25) is 0 Å². The Kier molecular flexibility index (Phi) is 4.50. The van der Waals surface area contributed by atoms with E-state index in [9.17, 15) is 8.78 Å². The number of nitrogens with zero attached hydrogens (tertiary/aromatic N) is 1. The SMILES string of the molecule is FC(F)c1c(Br)ncc(I)c1CBr. The van der Waals surface area contributed by atoms with Crippen LogP contribution in [0.4, 0.5) is 8.78 Å². The van der Waals surface area contributed by atoms with Gasteiger partial charge in [-0.1, -0.05) is 15.9 Å². The van der Waals surface area contributed by atoms with Crippen LogP contribution in [0.5, 0.6) is 0 Å². The first-order valence-electron chi connectivity index (χ1n) is 3.24. The molecule has 0 fully saturated rings. The van der Waals surface area contributed by atoms with E-state index in [0.29, 0.717) is 10.9 Å². The average Bonchev–Trinajstić information content (AvgIpc) is 2.07. The van der Waals surface area contributed by atoms with Crippen molar-refractivity contribution in [2.24, 2.45) is 0 Å². The lowest BCUT2D eigenvalue weighted by Crippen LogP contribution is -1.99. The molecule has 0 aromatic carbocycles. The first-order chi connectivity index (χ1) is 6.07. The van der Waals surface area contributed by atoms with Crippen molar-refractivity contribution in [1.82, 2.24) is 4.98 Å². The largest absolute Gasteiger partial charge is 0.266 e. The number of pyridine rings is 1. The van der Waals surface area contributed by atoms with Crippen LogP contribution < -0.4 is 0 Å². The summed E-state index contributed by atoms with van der Waals surface area (Å²) in [4.78, 5) is 3.82. The summed E-state index contributed by atoms with van der Waals surface area (Å²) in [5, 5.41) is 0.409. The van der Waals surface area contributed by atoms with Crippen LogP contribution in [-0.4, -0.2) is 4.98 Å². The first kappa shape index (κ1) is 11.8. The van der Waals surface area contributed by atoms with Crippen molar-refractivity contribution < 1.29 is 8.78 Å². The molecule has 0 spiro atoms. The second-order valence-corrected chi connectivity index (χ2v) is 4.70. The van der Waals surface area contributed by atoms with Crippen LogP contribution in [0.15, 0.2) is 10.8 Å². The highest BCUT2D eigenvalue weighted by atomic mass is 127. The number of halogens is 5. The summed E-state index contributed by atoms with van der Waals surface area (Å²) in [5.74, 6) is 0. The van der Waals surface area contributed by atoms with Crippen molar-refractivity contribution in [2.75, 3.05) is 0 Å². The van der Waals surface area contributed by atoms with Crippen LogP contribution in [-0.2, 0) is 5.33 Å². The molecule has 6 heteroatoms. The molecule has 13 heavy (non-hydrogen) atoms. The third-order valence-corrected chi connectivity index (χ3v) is 3.60. The van der Waals surface area contributed by atoms with Crippen molar-refractivity contribution >= 4 is 54.5 Å². The van der Waals surface area contributed by atoms with Gasteiger partial charge in [-0.3, -0.25) is 0 Å². The lowest BCUT2D eigenvalue weighted by molar-refractivity contribution is 0.149. The molecule has 0 N–H and O–H groups in total. The van der Waals surface area contributed by atoms with Crippen LogP contribution in [0.25, 0.3) is 0 Å². The standard InChI is InChI=1S/C7H4Br2F2IN/c8-1-3-4(12)2-13-6(9)5(3)7(10)11/h2,7H,1H2. The lowest BCUT2D eigenvalue weighted by atomic mass is 10.2. The minimum atomic E-state index is -2.50. The van der Waals surface area contributed by atoms with Gasteiger partial charge < -0.3 is 0 Å². The molecular weight excluding hydrogens is 423 g/mol. The second kappa shape index (κ2) is 4.97. The highest BCUT2D eigenvalue weighted by Crippen LogP contribution is 2.32. The van der Waals surface area contributed by atoms with Gasteiger partial charge in [-0.2, -0.15) is 0 Å². The minimum absolute atomic E-state index is 0.0243. The normalized spacial score (nSPS) is 10.9. The topological polar surface area (TPSA) is 12.9 Å². The molecule has 0 aliphatic carbocycles. The van der Waals surface area contributed by atoms with E-state index in [1.807, 2.05) is 22.6 Å². The predicted octanol–water partition coefficient (Wildman–Crippen LogP) is 4.28. The van der Waals surface area contributed by atoms with E-state index >= 15 is 0 Å². The molecule has 1 heterocycles. The van der Waals surface area contributed by atoms with Crippen LogP contribution >= 0.6 is 54.5 Å². The summed E-state index contributed by atoms with van der Waals surface area (Å²) in [6.45, 7) is 0. The van der Waals surface area contributed by atoms with Crippen LogP contribution in [0.1, 0.15) is 17.6 Å². The minimum Gasteiger partial charge on any atom is -0.248 e. The highest BCUT2D eigenvalue weighted by Gasteiger charge is 2.19. The van der Waals surface area contributed by atoms with Gasteiger partial charge in [0, 0.05) is 15.1 Å². The maximum absolute atomic E-state index is 12.6. The van der Waals surface area contributed by atoms with Crippen molar-refractivity contribution in [3.63, 3.8) is 0 Å². The molecule has 72 valence electrons. The summed E-state index contributed by atoms with van der Waals surface area (Å²) < 4.78 is 26.1. The van der Waals surface area contributed by atoms with Gasteiger partial charge >= 0.3 is 0 Å². The van der Waals surface area contributed by atoms with Crippen LogP contribution in [0, 0.1) is 3.57 Å². The van der Waals surface area contributed by atoms with Crippen molar-refractivity contribution in [3.8, 4) is 0 Å². The highest BCUT2D eigenvalue weighted by molar-refractivity contribution is 14.1. The Bertz CT molecular complexity index is 320. The Labute approximate surface area is 105 Å². The Morgan fingerprint density at radius 2 is 2.15 bits per heavy atom. The third-order valence-electron chi connectivity index (χ3n) is 1.48. The Morgan fingerprint density at radius 1 is 1.54 bits per heavy atom. The molecule has 1 nitrogen and oxygen atoms in total. The lowest BCUT2D eigenvalue weighted by Gasteiger charge is -2.09. The molecule has 0 atom stereocenters. The maximum atomic E-state index is 12.6. The Hall–Kier alpha value is 0.700. The molecule has 1 aromatic heterocycles. The van der Waals surface area contributed by atoms with Crippen LogP contribution in [0.2, 0.25) is 0 Å². The van der Waals surface area contributed by atoms with E-state index in [-0.39, 0.29) is 10.2 Å². The van der Waals surface area contributed by atoms with E-state index in [2.05, 4.69) is 36.8 Å². The Morgan fingerprint density at radius 3 is 2.54 bits per heavy atom. The molecule has 1 rings (SSSR count). The fourth-order valence-corrected chi connectivity index (χ4v) is 3.14. The molecule has 0 aliphatic rings. The number of hydrogen-bond donors (Lipinski definition) is 0. The van der Waals surface area contributed by atoms with Crippen molar-refractivity contribution in [3.05, 3.63) is 25.5 Å². The quantitative estimate of drug-likeness (QED) is 0.391. The molecule has 0 saturated heterocycles. The molecule has 0 amide bonds. The first-order valence-corrected chi connectivity index (χ1v) is 6.24. The molecule has 0 bridgehead atoms. The third kappa shape index (κ3) is 2.59. The predicted molar refractivity (Wildman–Crippen MR) is 62.2 cm³/mol. The zero-order valence-electron chi connectivity index (χ0n) is 6.20. The maximum Gasteiger partial charge on any atom is 0.266 e. The van der Waals surface area contributed by atoms with Gasteiger partial charge in [-0.05, 0) is 44.1 Å². The van der Waals surface area contributed by atoms with Crippen molar-refractivity contribution in [2.45, 2.75) is 11.8 Å². The number of hydrogen-bond acceptors (Lipinski definition) is 1. The fraction of sp³-hybridized carbons (Fsp3) is 0.286. The summed E-state index contributed by atoms with van der Waals surface area (Å²) >= 11 is 8.17. The molecule has 1 aromatic rings. The van der Waals surface area contributed by atoms with E-state index in [0.717, 1.165) is 3.57 Å². The summed E-state index contributed by atoms with van der Waals surface area (Å²) in [5.41, 5.74) is 0.571. The van der Waals surface area contributed by atoms with Gasteiger partial charge in [0.15, 0.2) is 0 Å². The molecule has 0 saturated carbocycles. The summed E-state index contributed by atoms with van der Waals surface area (Å²) in [7, 11) is 0. The molecule has 0 aliphatic heterocycles. The van der Waals surface area contributed by atoms with Gasteiger partial charge in [0.1, 0.15) is 4.60 Å². The second-order valence-electron chi connectivity index (χ2n) is 2.22. The van der Waals surface area contributed by atoms with E-state index in [1.165, 1.54) is 0 Å².